The second-order valence-electron chi connectivity index (χ2n) is 18.1. The molecule has 0 radical (unpaired) electrons. The first kappa shape index (κ1) is 56.8. The summed E-state index contributed by atoms with van der Waals surface area (Å²) in [5, 5.41) is 11.6. The summed E-state index contributed by atoms with van der Waals surface area (Å²) < 4.78 is 17.2. The van der Waals surface area contributed by atoms with Gasteiger partial charge in [0.25, 0.3) is 0 Å². The zero-order valence-corrected chi connectivity index (χ0v) is 39.4. The molecule has 59 heavy (non-hydrogen) atoms. The first-order valence-electron chi connectivity index (χ1n) is 24.9. The maximum atomic E-state index is 12.8. The van der Waals surface area contributed by atoms with Crippen molar-refractivity contribution in [3.8, 4) is 0 Å². The standard InChI is InChI=1S/C51H95NO7/c1-6-8-10-12-14-16-18-20-22-24-26-27-29-31-33-35-37-39-41-49(53)58-46-47(45-57-44-43-48(51(55)56)52(3,4)5)59-50(54)42-40-38-36-34-32-30-28-25-23-21-19-17-15-13-11-9-7-2/h15,17,21,23,47-48H,6-14,16,18-20,22,24-46H2,1-5H3/b17-15+,23-21+. The number of allylic oxidation sites excluding steroid dienone is 4. The van der Waals surface area contributed by atoms with Crippen LogP contribution < -0.4 is 5.11 Å². The first-order chi connectivity index (χ1) is 28.6. The molecule has 0 aliphatic carbocycles. The lowest BCUT2D eigenvalue weighted by Crippen LogP contribution is -2.55. The predicted molar refractivity (Wildman–Crippen MR) is 245 cm³/mol. The average molecular weight is 834 g/mol. The van der Waals surface area contributed by atoms with Crippen LogP contribution in [-0.2, 0) is 28.6 Å². The van der Waals surface area contributed by atoms with E-state index in [1.54, 1.807) is 21.1 Å². The number of likely N-dealkylation sites (N-methyl/N-ethyl adjacent to an activating group) is 1. The molecule has 0 aromatic heterocycles. The number of hydrogen-bond acceptors (Lipinski definition) is 7. The number of rotatable bonds is 45. The van der Waals surface area contributed by atoms with Crippen molar-refractivity contribution in [2.24, 2.45) is 0 Å². The van der Waals surface area contributed by atoms with Crippen molar-refractivity contribution in [1.29, 1.82) is 0 Å². The van der Waals surface area contributed by atoms with Gasteiger partial charge in [-0.1, -0.05) is 192 Å². The summed E-state index contributed by atoms with van der Waals surface area (Å²) in [6.07, 6.45) is 47.7. The maximum absolute atomic E-state index is 12.8. The van der Waals surface area contributed by atoms with Crippen molar-refractivity contribution in [2.75, 3.05) is 41.0 Å². The number of esters is 2. The average Bonchev–Trinajstić information content (AvgIpc) is 3.19. The number of carboxylic acids is 1. The fraction of sp³-hybridized carbons (Fsp3) is 0.863. The Morgan fingerprint density at radius 1 is 0.508 bits per heavy atom. The molecule has 346 valence electrons. The third kappa shape index (κ3) is 41.0. The van der Waals surface area contributed by atoms with Gasteiger partial charge in [0.1, 0.15) is 12.6 Å². The Labute approximate surface area is 364 Å². The Balaban J connectivity index is 4.25. The maximum Gasteiger partial charge on any atom is 0.306 e. The number of ether oxygens (including phenoxy) is 3. The largest absolute Gasteiger partial charge is 0.544 e. The van der Waals surface area contributed by atoms with Crippen LogP contribution in [0.15, 0.2) is 24.3 Å². The molecule has 8 nitrogen and oxygen atoms in total. The molecule has 0 aliphatic rings. The van der Waals surface area contributed by atoms with E-state index >= 15 is 0 Å². The number of unbranched alkanes of at least 4 members (excludes halogenated alkanes) is 27. The fourth-order valence-electron chi connectivity index (χ4n) is 7.46. The molecule has 0 spiro atoms. The molecule has 0 bridgehead atoms. The predicted octanol–water partition coefficient (Wildman–Crippen LogP) is 12.7. The molecule has 0 aliphatic heterocycles. The minimum atomic E-state index is -1.12. The minimum Gasteiger partial charge on any atom is -0.544 e. The Hall–Kier alpha value is -2.19. The van der Waals surface area contributed by atoms with Gasteiger partial charge in [-0.05, 0) is 44.9 Å². The molecule has 0 heterocycles. The van der Waals surface area contributed by atoms with Crippen LogP contribution in [0.5, 0.6) is 0 Å². The number of quaternary nitrogens is 1. The van der Waals surface area contributed by atoms with Crippen molar-refractivity contribution in [3.05, 3.63) is 24.3 Å². The van der Waals surface area contributed by atoms with Gasteiger partial charge in [0.15, 0.2) is 6.10 Å². The van der Waals surface area contributed by atoms with Crippen molar-refractivity contribution < 1.29 is 38.2 Å². The number of aliphatic carboxylic acids is 1. The van der Waals surface area contributed by atoms with Gasteiger partial charge in [-0.15, -0.1) is 0 Å². The van der Waals surface area contributed by atoms with Crippen molar-refractivity contribution in [1.82, 2.24) is 0 Å². The van der Waals surface area contributed by atoms with Crippen LogP contribution in [0.3, 0.4) is 0 Å². The molecule has 8 heteroatoms. The van der Waals surface area contributed by atoms with E-state index in [0.29, 0.717) is 12.8 Å². The van der Waals surface area contributed by atoms with Crippen molar-refractivity contribution in [3.63, 3.8) is 0 Å². The van der Waals surface area contributed by atoms with Gasteiger partial charge in [0.2, 0.25) is 0 Å². The van der Waals surface area contributed by atoms with E-state index in [-0.39, 0.29) is 42.7 Å². The highest BCUT2D eigenvalue weighted by Crippen LogP contribution is 2.16. The topological polar surface area (TPSA) is 102 Å². The highest BCUT2D eigenvalue weighted by Gasteiger charge is 2.25. The summed E-state index contributed by atoms with van der Waals surface area (Å²) in [6.45, 7) is 4.66. The second-order valence-corrected chi connectivity index (χ2v) is 18.1. The van der Waals surface area contributed by atoms with Crippen molar-refractivity contribution in [2.45, 2.75) is 244 Å². The van der Waals surface area contributed by atoms with Crippen LogP contribution >= 0.6 is 0 Å². The van der Waals surface area contributed by atoms with E-state index in [1.165, 1.54) is 148 Å². The summed E-state index contributed by atoms with van der Waals surface area (Å²) in [4.78, 5) is 37.0. The number of carbonyl (C=O) groups excluding carboxylic acids is 3. The Morgan fingerprint density at radius 2 is 0.898 bits per heavy atom. The first-order valence-corrected chi connectivity index (χ1v) is 24.9. The van der Waals surface area contributed by atoms with Crippen LogP contribution in [0, 0.1) is 0 Å². The zero-order chi connectivity index (χ0) is 43.5. The van der Waals surface area contributed by atoms with E-state index < -0.39 is 18.1 Å². The van der Waals surface area contributed by atoms with Crippen LogP contribution in [0.4, 0.5) is 0 Å². The van der Waals surface area contributed by atoms with Crippen molar-refractivity contribution >= 4 is 17.9 Å². The number of nitrogens with zero attached hydrogens (tertiary/aromatic N) is 1. The molecule has 0 amide bonds. The highest BCUT2D eigenvalue weighted by atomic mass is 16.6. The van der Waals surface area contributed by atoms with Gasteiger partial charge in [-0.3, -0.25) is 9.59 Å². The smallest absolute Gasteiger partial charge is 0.306 e. The van der Waals surface area contributed by atoms with E-state index in [2.05, 4.69) is 38.2 Å². The van der Waals surface area contributed by atoms with Crippen LogP contribution in [0.1, 0.15) is 232 Å². The molecule has 0 fully saturated rings. The molecule has 0 saturated carbocycles. The van der Waals surface area contributed by atoms with Gasteiger partial charge in [0, 0.05) is 19.3 Å². The Morgan fingerprint density at radius 3 is 1.34 bits per heavy atom. The minimum absolute atomic E-state index is 0.0417. The number of carboxylic acid groups (broad SMARTS) is 1. The third-order valence-electron chi connectivity index (χ3n) is 11.3. The van der Waals surface area contributed by atoms with E-state index in [9.17, 15) is 19.5 Å². The highest BCUT2D eigenvalue weighted by molar-refractivity contribution is 5.70. The second kappa shape index (κ2) is 42.5. The molecule has 0 aromatic rings. The fourth-order valence-corrected chi connectivity index (χ4v) is 7.46. The van der Waals surface area contributed by atoms with Crippen LogP contribution in [0.2, 0.25) is 0 Å². The quantitative estimate of drug-likeness (QED) is 0.0260. The summed E-state index contributed by atoms with van der Waals surface area (Å²) >= 11 is 0. The van der Waals surface area contributed by atoms with Gasteiger partial charge >= 0.3 is 11.9 Å². The summed E-state index contributed by atoms with van der Waals surface area (Å²) in [6, 6.07) is -0.725. The van der Waals surface area contributed by atoms with Crippen LogP contribution in [-0.4, -0.2) is 75.5 Å². The Kier molecular flexibility index (Phi) is 40.9. The monoisotopic (exact) mass is 834 g/mol. The van der Waals surface area contributed by atoms with E-state index in [1.807, 2.05) is 0 Å². The molecular formula is C51H95NO7. The zero-order valence-electron chi connectivity index (χ0n) is 39.4. The normalized spacial score (nSPS) is 13.0. The number of hydrogen-bond donors (Lipinski definition) is 0. The molecule has 2 unspecified atom stereocenters. The summed E-state index contributed by atoms with van der Waals surface area (Å²) in [7, 11) is 5.42. The molecule has 0 aromatic carbocycles. The van der Waals surface area contributed by atoms with Gasteiger partial charge in [0.05, 0.1) is 40.3 Å². The van der Waals surface area contributed by atoms with E-state index in [4.69, 9.17) is 14.2 Å². The molecule has 2 atom stereocenters. The molecule has 0 rings (SSSR count). The van der Waals surface area contributed by atoms with Gasteiger partial charge in [-0.25, -0.2) is 0 Å². The van der Waals surface area contributed by atoms with Gasteiger partial charge < -0.3 is 28.6 Å². The van der Waals surface area contributed by atoms with Crippen LogP contribution in [0.25, 0.3) is 0 Å². The summed E-state index contributed by atoms with van der Waals surface area (Å²) in [5.74, 6) is -1.73. The lowest BCUT2D eigenvalue weighted by molar-refractivity contribution is -0.889. The van der Waals surface area contributed by atoms with E-state index in [0.717, 1.165) is 51.4 Å². The molecular weight excluding hydrogens is 739 g/mol. The lowest BCUT2D eigenvalue weighted by atomic mass is 10.0. The third-order valence-corrected chi connectivity index (χ3v) is 11.3. The molecule has 0 N–H and O–H groups in total. The van der Waals surface area contributed by atoms with Gasteiger partial charge in [-0.2, -0.15) is 0 Å². The lowest BCUT2D eigenvalue weighted by Gasteiger charge is -2.34. The SMILES string of the molecule is CCCCC/C=C/C/C=C/CCCCCCCCCC(=O)OC(COCCC(C(=O)[O-])[N+](C)(C)C)COC(=O)CCCCCCCCCCCCCCCCCCCC. The summed E-state index contributed by atoms with van der Waals surface area (Å²) in [5.41, 5.74) is 0. The Bertz CT molecular complexity index is 1020. The number of carbonyl (C=O) groups is 3. The molecule has 0 saturated heterocycles.